The summed E-state index contributed by atoms with van der Waals surface area (Å²) < 4.78 is 5.18. The monoisotopic (exact) mass is 440 g/mol. The van der Waals surface area contributed by atoms with Gasteiger partial charge in [0.05, 0.1) is 24.5 Å². The Morgan fingerprint density at radius 1 is 1.12 bits per heavy atom. The fourth-order valence-corrected chi connectivity index (χ4v) is 3.82. The van der Waals surface area contributed by atoms with Crippen molar-refractivity contribution >= 4 is 17.5 Å². The van der Waals surface area contributed by atoms with Crippen LogP contribution in [0.2, 0.25) is 0 Å². The van der Waals surface area contributed by atoms with E-state index in [2.05, 4.69) is 10.2 Å². The molecule has 2 aromatic carbocycles. The zero-order chi connectivity index (χ0) is 23.1. The number of nitrogens with zero attached hydrogens (tertiary/aromatic N) is 3. The zero-order valence-corrected chi connectivity index (χ0v) is 18.3. The van der Waals surface area contributed by atoms with E-state index in [1.54, 1.807) is 31.4 Å². The molecule has 1 aliphatic rings. The van der Waals surface area contributed by atoms with Crippen LogP contribution < -0.4 is 10.1 Å². The first-order chi connectivity index (χ1) is 15.4. The Morgan fingerprint density at radius 2 is 1.81 bits per heavy atom. The van der Waals surface area contributed by atoms with Crippen LogP contribution >= 0.6 is 0 Å². The van der Waals surface area contributed by atoms with E-state index < -0.39 is 11.0 Å². The van der Waals surface area contributed by atoms with E-state index in [1.807, 2.05) is 23.1 Å². The molecule has 1 atom stereocenters. The Balaban J connectivity index is 1.56. The van der Waals surface area contributed by atoms with Crippen molar-refractivity contribution in [1.29, 1.82) is 0 Å². The van der Waals surface area contributed by atoms with Crippen molar-refractivity contribution in [3.8, 4) is 5.75 Å². The number of rotatable bonds is 8. The number of carbonyl (C=O) groups is 2. The Bertz CT molecular complexity index is 955. The number of hydrogen-bond acceptors (Lipinski definition) is 6. The minimum absolute atomic E-state index is 0.0189. The lowest BCUT2D eigenvalue weighted by atomic mass is 10.0. The number of non-ortho nitro benzene ring substituents is 1. The zero-order valence-electron chi connectivity index (χ0n) is 18.3. The number of ether oxygens (including phenoxy) is 1. The first kappa shape index (κ1) is 23.2. The number of methoxy groups -OCH3 is 1. The molecule has 0 bridgehead atoms. The van der Waals surface area contributed by atoms with Gasteiger partial charge in [0.2, 0.25) is 11.8 Å². The maximum absolute atomic E-state index is 12.9. The third-order valence-electron chi connectivity index (χ3n) is 5.53. The molecule has 0 radical (unpaired) electrons. The van der Waals surface area contributed by atoms with Gasteiger partial charge in [-0.15, -0.1) is 0 Å². The lowest BCUT2D eigenvalue weighted by Gasteiger charge is -2.35. The van der Waals surface area contributed by atoms with Crippen LogP contribution in [0.15, 0.2) is 48.5 Å². The van der Waals surface area contributed by atoms with Crippen LogP contribution in [-0.4, -0.2) is 59.8 Å². The average molecular weight is 441 g/mol. The number of piperazine rings is 1. The molecule has 170 valence electrons. The predicted octanol–water partition coefficient (Wildman–Crippen LogP) is 2.52. The number of nitro groups is 1. The van der Waals surface area contributed by atoms with Crippen LogP contribution in [0.25, 0.3) is 0 Å². The van der Waals surface area contributed by atoms with Crippen LogP contribution in [0.3, 0.4) is 0 Å². The normalized spacial score (nSPS) is 15.1. The summed E-state index contributed by atoms with van der Waals surface area (Å²) in [7, 11) is 1.59. The molecule has 2 aromatic rings. The van der Waals surface area contributed by atoms with E-state index in [9.17, 15) is 19.7 Å². The molecule has 1 N–H and O–H groups in total. The molecule has 0 aromatic heterocycles. The van der Waals surface area contributed by atoms with Crippen LogP contribution in [0.4, 0.5) is 5.69 Å². The molecule has 0 spiro atoms. The molecule has 9 heteroatoms. The largest absolute Gasteiger partial charge is 0.497 e. The molecule has 32 heavy (non-hydrogen) atoms. The Labute approximate surface area is 187 Å². The lowest BCUT2D eigenvalue weighted by molar-refractivity contribution is -0.384. The maximum Gasteiger partial charge on any atom is 0.269 e. The number of hydrogen-bond donors (Lipinski definition) is 1. The lowest BCUT2D eigenvalue weighted by Crippen LogP contribution is -2.49. The fraction of sp³-hybridized carbons (Fsp3) is 0.391. The highest BCUT2D eigenvalue weighted by Gasteiger charge is 2.25. The summed E-state index contributed by atoms with van der Waals surface area (Å²) in [4.78, 5) is 39.2. The SMILES string of the molecule is COc1ccc(C(CC(=O)N2CCN(Cc3cccc([N+](=O)[O-])c3)CC2)NC(C)=O)cc1. The molecule has 2 amide bonds. The number of nitrogens with one attached hydrogen (secondary N) is 1. The van der Waals surface area contributed by atoms with E-state index in [0.717, 1.165) is 11.1 Å². The molecule has 0 aliphatic carbocycles. The first-order valence-corrected chi connectivity index (χ1v) is 10.5. The smallest absolute Gasteiger partial charge is 0.269 e. The molecular weight excluding hydrogens is 412 g/mol. The number of benzene rings is 2. The van der Waals surface area contributed by atoms with E-state index in [-0.39, 0.29) is 23.9 Å². The highest BCUT2D eigenvalue weighted by molar-refractivity contribution is 5.79. The number of carbonyl (C=O) groups excluding carboxylic acids is 2. The second-order valence-corrected chi connectivity index (χ2v) is 7.81. The Kier molecular flexibility index (Phi) is 7.77. The first-order valence-electron chi connectivity index (χ1n) is 10.5. The van der Waals surface area contributed by atoms with Crippen molar-refractivity contribution in [2.24, 2.45) is 0 Å². The minimum Gasteiger partial charge on any atom is -0.497 e. The fourth-order valence-electron chi connectivity index (χ4n) is 3.82. The molecule has 0 saturated carbocycles. The van der Waals surface area contributed by atoms with Gasteiger partial charge in [0.25, 0.3) is 5.69 Å². The Hall–Kier alpha value is -3.46. The molecule has 1 saturated heterocycles. The van der Waals surface area contributed by atoms with Gasteiger partial charge in [0.15, 0.2) is 0 Å². The number of nitro benzene ring substituents is 1. The third-order valence-corrected chi connectivity index (χ3v) is 5.53. The van der Waals surface area contributed by atoms with Crippen molar-refractivity contribution < 1.29 is 19.2 Å². The number of amides is 2. The summed E-state index contributed by atoms with van der Waals surface area (Å²) in [6.07, 6.45) is 0.177. The summed E-state index contributed by atoms with van der Waals surface area (Å²) >= 11 is 0. The standard InChI is InChI=1S/C23H28N4O5/c1-17(28)24-22(19-6-8-21(32-2)9-7-19)15-23(29)26-12-10-25(11-13-26)16-18-4-3-5-20(14-18)27(30)31/h3-9,14,22H,10-13,15-16H2,1-2H3,(H,24,28). The van der Waals surface area contributed by atoms with Crippen LogP contribution in [0, 0.1) is 10.1 Å². The quantitative estimate of drug-likeness (QED) is 0.500. The molecule has 3 rings (SSSR count). The van der Waals surface area contributed by atoms with E-state index in [4.69, 9.17) is 4.74 Å². The van der Waals surface area contributed by atoms with Gasteiger partial charge in [-0.1, -0.05) is 24.3 Å². The van der Waals surface area contributed by atoms with E-state index in [0.29, 0.717) is 38.5 Å². The highest BCUT2D eigenvalue weighted by atomic mass is 16.6. The van der Waals surface area contributed by atoms with Crippen molar-refractivity contribution in [3.05, 3.63) is 69.8 Å². The Morgan fingerprint density at radius 3 is 2.41 bits per heavy atom. The van der Waals surface area contributed by atoms with Crippen molar-refractivity contribution in [2.45, 2.75) is 25.9 Å². The van der Waals surface area contributed by atoms with Crippen LogP contribution in [0.5, 0.6) is 5.75 Å². The molecule has 9 nitrogen and oxygen atoms in total. The van der Waals surface area contributed by atoms with Gasteiger partial charge in [-0.2, -0.15) is 0 Å². The third kappa shape index (κ3) is 6.27. The molecule has 1 unspecified atom stereocenters. The van der Waals surface area contributed by atoms with Crippen LogP contribution in [0.1, 0.15) is 30.5 Å². The second kappa shape index (κ2) is 10.7. The topological polar surface area (TPSA) is 105 Å². The average Bonchev–Trinajstić information content (AvgIpc) is 2.79. The molecular formula is C23H28N4O5. The van der Waals surface area contributed by atoms with Gasteiger partial charge >= 0.3 is 0 Å². The summed E-state index contributed by atoms with van der Waals surface area (Å²) in [5, 5.41) is 13.8. The molecule has 1 heterocycles. The highest BCUT2D eigenvalue weighted by Crippen LogP contribution is 2.22. The second-order valence-electron chi connectivity index (χ2n) is 7.81. The van der Waals surface area contributed by atoms with E-state index >= 15 is 0 Å². The summed E-state index contributed by atoms with van der Waals surface area (Å²) in [6, 6.07) is 13.5. The summed E-state index contributed by atoms with van der Waals surface area (Å²) in [6.45, 7) is 4.55. The van der Waals surface area contributed by atoms with Crippen molar-refractivity contribution in [1.82, 2.24) is 15.1 Å². The van der Waals surface area contributed by atoms with Gasteiger partial charge in [-0.05, 0) is 23.3 Å². The molecule has 1 fully saturated rings. The van der Waals surface area contributed by atoms with Gasteiger partial charge in [0, 0.05) is 51.8 Å². The maximum atomic E-state index is 12.9. The van der Waals surface area contributed by atoms with Crippen LogP contribution in [-0.2, 0) is 16.1 Å². The molecule has 1 aliphatic heterocycles. The summed E-state index contributed by atoms with van der Waals surface area (Å²) in [5.74, 6) is 0.497. The van der Waals surface area contributed by atoms with Gasteiger partial charge in [0.1, 0.15) is 5.75 Å². The van der Waals surface area contributed by atoms with Crippen molar-refractivity contribution in [2.75, 3.05) is 33.3 Å². The van der Waals surface area contributed by atoms with Crippen molar-refractivity contribution in [3.63, 3.8) is 0 Å². The predicted molar refractivity (Wildman–Crippen MR) is 119 cm³/mol. The minimum atomic E-state index is -0.409. The van der Waals surface area contributed by atoms with Gasteiger partial charge in [-0.3, -0.25) is 24.6 Å². The van der Waals surface area contributed by atoms with E-state index in [1.165, 1.54) is 13.0 Å². The van der Waals surface area contributed by atoms with Gasteiger partial charge < -0.3 is 15.0 Å². The summed E-state index contributed by atoms with van der Waals surface area (Å²) in [5.41, 5.74) is 1.81. The van der Waals surface area contributed by atoms with Gasteiger partial charge in [-0.25, -0.2) is 0 Å².